The van der Waals surface area contributed by atoms with E-state index in [4.69, 9.17) is 9.15 Å². The fourth-order valence-corrected chi connectivity index (χ4v) is 3.18. The van der Waals surface area contributed by atoms with Crippen molar-refractivity contribution < 1.29 is 18.7 Å². The molecule has 0 aliphatic heterocycles. The van der Waals surface area contributed by atoms with Crippen LogP contribution in [0.5, 0.6) is 0 Å². The number of ether oxygens (including phenoxy) is 1. The maximum absolute atomic E-state index is 12.0. The quantitative estimate of drug-likeness (QED) is 0.652. The fourth-order valence-electron chi connectivity index (χ4n) is 2.47. The smallest absolute Gasteiger partial charge is 0.306 e. The number of amides is 1. The van der Waals surface area contributed by atoms with Gasteiger partial charge in [-0.15, -0.1) is 11.3 Å². The molecule has 1 N–H and O–H groups in total. The number of rotatable bonds is 7. The molecule has 1 atom stereocenters. The highest BCUT2D eigenvalue weighted by molar-refractivity contribution is 7.09. The van der Waals surface area contributed by atoms with Gasteiger partial charge >= 0.3 is 5.97 Å². The minimum Gasteiger partial charge on any atom is -0.459 e. The van der Waals surface area contributed by atoms with E-state index in [9.17, 15) is 9.59 Å². The lowest BCUT2D eigenvalue weighted by molar-refractivity contribution is -0.148. The van der Waals surface area contributed by atoms with Crippen molar-refractivity contribution in [1.82, 2.24) is 5.32 Å². The molecule has 0 saturated heterocycles. The van der Waals surface area contributed by atoms with Crippen molar-refractivity contribution in [1.29, 1.82) is 0 Å². The average molecular weight is 357 g/mol. The Morgan fingerprint density at radius 2 is 2.08 bits per heavy atom. The Morgan fingerprint density at radius 3 is 2.84 bits per heavy atom. The van der Waals surface area contributed by atoms with Crippen LogP contribution in [-0.4, -0.2) is 18.5 Å². The van der Waals surface area contributed by atoms with Crippen molar-refractivity contribution in [3.63, 3.8) is 0 Å². The highest BCUT2D eigenvalue weighted by Crippen LogP contribution is 2.23. The van der Waals surface area contributed by atoms with Gasteiger partial charge in [0.1, 0.15) is 11.3 Å². The van der Waals surface area contributed by atoms with Gasteiger partial charge in [-0.3, -0.25) is 9.59 Å². The monoisotopic (exact) mass is 357 g/mol. The number of hydrogen-bond acceptors (Lipinski definition) is 5. The summed E-state index contributed by atoms with van der Waals surface area (Å²) in [6.45, 7) is 1.54. The molecule has 130 valence electrons. The second-order valence-corrected chi connectivity index (χ2v) is 6.75. The summed E-state index contributed by atoms with van der Waals surface area (Å²) in [5.74, 6) is -0.0593. The van der Waals surface area contributed by atoms with Crippen LogP contribution in [0.4, 0.5) is 0 Å². The predicted molar refractivity (Wildman–Crippen MR) is 96.4 cm³/mol. The van der Waals surface area contributed by atoms with Crippen molar-refractivity contribution in [2.45, 2.75) is 25.8 Å². The largest absolute Gasteiger partial charge is 0.459 e. The molecule has 3 rings (SSSR count). The number of esters is 1. The maximum atomic E-state index is 12.0. The molecule has 25 heavy (non-hydrogen) atoms. The van der Waals surface area contributed by atoms with E-state index in [-0.39, 0.29) is 30.9 Å². The molecule has 0 unspecified atom stereocenters. The molecule has 2 heterocycles. The van der Waals surface area contributed by atoms with Gasteiger partial charge in [-0.1, -0.05) is 24.3 Å². The Balaban J connectivity index is 1.44. The topological polar surface area (TPSA) is 68.5 Å². The van der Waals surface area contributed by atoms with Crippen molar-refractivity contribution in [3.05, 3.63) is 58.5 Å². The third-order valence-electron chi connectivity index (χ3n) is 3.77. The molecule has 2 aromatic heterocycles. The second kappa shape index (κ2) is 7.98. The molecule has 0 saturated carbocycles. The molecule has 0 aliphatic rings. The molecular weight excluding hydrogens is 338 g/mol. The van der Waals surface area contributed by atoms with Crippen molar-refractivity contribution in [2.75, 3.05) is 6.61 Å². The summed E-state index contributed by atoms with van der Waals surface area (Å²) in [6.07, 6.45) is 0.903. The molecule has 1 amide bonds. The maximum Gasteiger partial charge on any atom is 0.306 e. The number of nitrogens with one attached hydrogen (secondary N) is 1. The summed E-state index contributed by atoms with van der Waals surface area (Å²) < 4.78 is 10.7. The zero-order valence-electron chi connectivity index (χ0n) is 13.9. The number of benzene rings is 1. The summed E-state index contributed by atoms with van der Waals surface area (Å²) in [6, 6.07) is 13.2. The third kappa shape index (κ3) is 4.70. The average Bonchev–Trinajstić information content (AvgIpc) is 3.27. The van der Waals surface area contributed by atoms with Gasteiger partial charge in [0.25, 0.3) is 5.91 Å². The van der Waals surface area contributed by atoms with E-state index in [1.165, 1.54) is 0 Å². The van der Waals surface area contributed by atoms with Crippen molar-refractivity contribution >= 4 is 34.2 Å². The summed E-state index contributed by atoms with van der Waals surface area (Å²) in [7, 11) is 0. The van der Waals surface area contributed by atoms with Gasteiger partial charge in [-0.05, 0) is 36.9 Å². The highest BCUT2D eigenvalue weighted by Gasteiger charge is 2.15. The Kier molecular flexibility index (Phi) is 5.50. The molecular formula is C19H19NO4S. The van der Waals surface area contributed by atoms with Crippen LogP contribution in [0, 0.1) is 0 Å². The highest BCUT2D eigenvalue weighted by atomic mass is 32.1. The zero-order valence-corrected chi connectivity index (χ0v) is 14.7. The fraction of sp³-hybridized carbons (Fsp3) is 0.263. The lowest BCUT2D eigenvalue weighted by atomic mass is 10.2. The lowest BCUT2D eigenvalue weighted by Crippen LogP contribution is -2.31. The molecule has 0 bridgehead atoms. The lowest BCUT2D eigenvalue weighted by Gasteiger charge is -2.11. The molecule has 6 heteroatoms. The molecule has 0 aliphatic carbocycles. The van der Waals surface area contributed by atoms with E-state index in [0.717, 1.165) is 15.8 Å². The molecule has 1 aromatic carbocycles. The Hall–Kier alpha value is -2.60. The number of hydrogen-bond donors (Lipinski definition) is 1. The summed E-state index contributed by atoms with van der Waals surface area (Å²) >= 11 is 1.60. The van der Waals surface area contributed by atoms with Gasteiger partial charge in [0.2, 0.25) is 0 Å². The number of carbonyl (C=O) groups excluding carboxylic acids is 2. The van der Waals surface area contributed by atoms with E-state index in [1.54, 1.807) is 11.3 Å². The van der Waals surface area contributed by atoms with E-state index >= 15 is 0 Å². The van der Waals surface area contributed by atoms with Gasteiger partial charge < -0.3 is 14.5 Å². The van der Waals surface area contributed by atoms with Gasteiger partial charge in [-0.25, -0.2) is 0 Å². The van der Waals surface area contributed by atoms with E-state index in [1.807, 2.05) is 54.8 Å². The van der Waals surface area contributed by atoms with Crippen LogP contribution in [0.1, 0.15) is 30.0 Å². The van der Waals surface area contributed by atoms with E-state index < -0.39 is 0 Å². The summed E-state index contributed by atoms with van der Waals surface area (Å²) in [5, 5.41) is 5.72. The van der Waals surface area contributed by atoms with Gasteiger partial charge in [0.05, 0.1) is 12.5 Å². The minimum atomic E-state index is -0.375. The summed E-state index contributed by atoms with van der Waals surface area (Å²) in [5.41, 5.74) is 0.776. The van der Waals surface area contributed by atoms with Crippen LogP contribution in [0.25, 0.3) is 11.0 Å². The molecule has 0 fully saturated rings. The number of furan rings is 1. The normalized spacial score (nSPS) is 12.0. The number of aryl methyl sites for hydroxylation is 1. The van der Waals surface area contributed by atoms with E-state index in [0.29, 0.717) is 12.2 Å². The van der Waals surface area contributed by atoms with Crippen LogP contribution in [0.2, 0.25) is 0 Å². The molecule has 0 radical (unpaired) electrons. The number of para-hydroxylation sites is 1. The van der Waals surface area contributed by atoms with Crippen LogP contribution < -0.4 is 5.32 Å². The first-order valence-electron chi connectivity index (χ1n) is 8.07. The number of fused-ring (bicyclic) bond motifs is 1. The Bertz CT molecular complexity index is 820. The number of thiophene rings is 1. The van der Waals surface area contributed by atoms with Crippen LogP contribution >= 0.6 is 11.3 Å². The first-order chi connectivity index (χ1) is 12.1. The molecule has 0 spiro atoms. The van der Waals surface area contributed by atoms with Gasteiger partial charge in [0.15, 0.2) is 6.61 Å². The SMILES string of the molecule is C[C@H](NC(=O)COC(=O)CCc1cccs1)c1cc2ccccc2o1. The van der Waals surface area contributed by atoms with Crippen molar-refractivity contribution in [2.24, 2.45) is 0 Å². The van der Waals surface area contributed by atoms with Gasteiger partial charge in [-0.2, -0.15) is 0 Å². The van der Waals surface area contributed by atoms with Crippen LogP contribution in [0.3, 0.4) is 0 Å². The predicted octanol–water partition coefficient (Wildman–Crippen LogP) is 3.85. The minimum absolute atomic E-state index is 0.271. The molecule has 3 aromatic rings. The van der Waals surface area contributed by atoms with Gasteiger partial charge in [0, 0.05) is 10.3 Å². The standard InChI is InChI=1S/C19H19NO4S/c1-13(17-11-14-5-2-3-7-16(14)24-17)20-18(21)12-23-19(22)9-8-15-6-4-10-25-15/h2-7,10-11,13H,8-9,12H2,1H3,(H,20,21)/t13-/m0/s1. The van der Waals surface area contributed by atoms with Crippen LogP contribution in [0.15, 0.2) is 52.3 Å². The first kappa shape index (κ1) is 17.2. The van der Waals surface area contributed by atoms with Crippen LogP contribution in [-0.2, 0) is 20.7 Å². The Morgan fingerprint density at radius 1 is 1.24 bits per heavy atom. The third-order valence-corrected chi connectivity index (χ3v) is 4.70. The zero-order chi connectivity index (χ0) is 17.6. The summed E-state index contributed by atoms with van der Waals surface area (Å²) in [4.78, 5) is 24.8. The number of carbonyl (C=O) groups is 2. The first-order valence-corrected chi connectivity index (χ1v) is 8.95. The van der Waals surface area contributed by atoms with E-state index in [2.05, 4.69) is 5.32 Å². The Labute approximate surface area is 149 Å². The molecule has 5 nitrogen and oxygen atoms in total. The second-order valence-electron chi connectivity index (χ2n) is 5.72. The van der Waals surface area contributed by atoms with Crippen molar-refractivity contribution in [3.8, 4) is 0 Å².